The van der Waals surface area contributed by atoms with Gasteiger partial charge in [-0.3, -0.25) is 0 Å². The summed E-state index contributed by atoms with van der Waals surface area (Å²) in [7, 11) is 0. The summed E-state index contributed by atoms with van der Waals surface area (Å²) < 4.78 is 5.92. The molecule has 5 heteroatoms. The van der Waals surface area contributed by atoms with Crippen molar-refractivity contribution in [2.24, 2.45) is 0 Å². The number of hydrogen-bond donors (Lipinski definition) is 2. The predicted molar refractivity (Wildman–Crippen MR) is 59.3 cm³/mol. The smallest absolute Gasteiger partial charge is 0.221 e. The van der Waals surface area contributed by atoms with Gasteiger partial charge in [0.25, 0.3) is 0 Å². The van der Waals surface area contributed by atoms with Crippen LogP contribution in [0.3, 0.4) is 0 Å². The Hall–Kier alpha value is -1.20. The van der Waals surface area contributed by atoms with Crippen LogP contribution in [-0.2, 0) is 13.0 Å². The van der Waals surface area contributed by atoms with Crippen molar-refractivity contribution in [1.82, 2.24) is 20.6 Å². The van der Waals surface area contributed by atoms with E-state index >= 15 is 0 Å². The molecule has 0 radical (unpaired) electrons. The summed E-state index contributed by atoms with van der Waals surface area (Å²) in [5.41, 5.74) is 2.27. The first-order chi connectivity index (χ1) is 7.93. The van der Waals surface area contributed by atoms with Crippen LogP contribution in [0.1, 0.15) is 17.7 Å². The molecule has 3 rings (SSSR count). The number of fused-ring (bicyclic) bond motifs is 1. The van der Waals surface area contributed by atoms with Crippen LogP contribution in [0, 0.1) is 0 Å². The quantitative estimate of drug-likeness (QED) is 0.726. The van der Waals surface area contributed by atoms with Gasteiger partial charge in [0.1, 0.15) is 12.4 Å². The number of nitrogens with one attached hydrogen (secondary N) is 2. The first-order valence-corrected chi connectivity index (χ1v) is 5.84. The molecule has 1 aromatic rings. The summed E-state index contributed by atoms with van der Waals surface area (Å²) in [5.74, 6) is 0.769. The molecule has 0 saturated carbocycles. The minimum Gasteiger partial charge on any atom is -0.473 e. The second kappa shape index (κ2) is 4.35. The molecule has 0 bridgehead atoms. The number of rotatable bonds is 2. The van der Waals surface area contributed by atoms with E-state index in [4.69, 9.17) is 4.74 Å². The monoisotopic (exact) mass is 220 g/mol. The minimum absolute atomic E-state index is 0.265. The maximum absolute atomic E-state index is 5.92. The van der Waals surface area contributed by atoms with E-state index in [1.807, 2.05) is 0 Å². The fourth-order valence-electron chi connectivity index (χ4n) is 2.23. The van der Waals surface area contributed by atoms with E-state index < -0.39 is 0 Å². The van der Waals surface area contributed by atoms with Crippen LogP contribution < -0.4 is 15.4 Å². The molecule has 0 spiro atoms. The highest BCUT2D eigenvalue weighted by Gasteiger charge is 2.21. The summed E-state index contributed by atoms with van der Waals surface area (Å²) in [5, 5.41) is 6.62. The molecule has 3 heterocycles. The molecule has 0 aliphatic carbocycles. The standard InChI is InChI=1S/C11H16N4O/c1-3-12-5-8(1)16-11-9-6-13-4-2-10(9)14-7-15-11/h7-8,12-13H,1-6H2/t8-/m0/s1. The topological polar surface area (TPSA) is 59.1 Å². The first kappa shape index (κ1) is 9.99. The Labute approximate surface area is 94.6 Å². The molecule has 2 aliphatic heterocycles. The molecule has 5 nitrogen and oxygen atoms in total. The lowest BCUT2D eigenvalue weighted by Gasteiger charge is -2.20. The molecular weight excluding hydrogens is 204 g/mol. The lowest BCUT2D eigenvalue weighted by molar-refractivity contribution is 0.210. The summed E-state index contributed by atoms with van der Waals surface area (Å²) in [6, 6.07) is 0. The summed E-state index contributed by atoms with van der Waals surface area (Å²) in [6.07, 6.45) is 3.91. The zero-order valence-electron chi connectivity index (χ0n) is 9.20. The van der Waals surface area contributed by atoms with E-state index in [9.17, 15) is 0 Å². The zero-order chi connectivity index (χ0) is 10.8. The highest BCUT2D eigenvalue weighted by Crippen LogP contribution is 2.22. The fraction of sp³-hybridized carbons (Fsp3) is 0.636. The van der Waals surface area contributed by atoms with Gasteiger partial charge >= 0.3 is 0 Å². The summed E-state index contributed by atoms with van der Waals surface area (Å²) >= 11 is 0. The third kappa shape index (κ3) is 1.88. The molecule has 1 aromatic heterocycles. The highest BCUT2D eigenvalue weighted by molar-refractivity contribution is 5.31. The van der Waals surface area contributed by atoms with Gasteiger partial charge < -0.3 is 15.4 Å². The van der Waals surface area contributed by atoms with Crippen molar-refractivity contribution < 1.29 is 4.74 Å². The lowest BCUT2D eigenvalue weighted by atomic mass is 10.1. The molecule has 2 aliphatic rings. The van der Waals surface area contributed by atoms with Gasteiger partial charge in [-0.2, -0.15) is 0 Å². The molecule has 86 valence electrons. The fourth-order valence-corrected chi connectivity index (χ4v) is 2.23. The normalized spacial score (nSPS) is 24.1. The maximum Gasteiger partial charge on any atom is 0.221 e. The molecule has 1 atom stereocenters. The second-order valence-corrected chi connectivity index (χ2v) is 4.26. The van der Waals surface area contributed by atoms with Crippen molar-refractivity contribution in [3.05, 3.63) is 17.6 Å². The van der Waals surface area contributed by atoms with E-state index in [1.54, 1.807) is 6.33 Å². The largest absolute Gasteiger partial charge is 0.473 e. The molecule has 0 aromatic carbocycles. The Bertz CT molecular complexity index is 376. The Morgan fingerprint density at radius 3 is 3.12 bits per heavy atom. The number of ether oxygens (including phenoxy) is 1. The van der Waals surface area contributed by atoms with E-state index in [0.29, 0.717) is 0 Å². The molecule has 1 saturated heterocycles. The Balaban J connectivity index is 1.82. The van der Waals surface area contributed by atoms with E-state index in [1.165, 1.54) is 0 Å². The van der Waals surface area contributed by atoms with E-state index in [-0.39, 0.29) is 6.10 Å². The number of hydrogen-bond acceptors (Lipinski definition) is 5. The average Bonchev–Trinajstić information content (AvgIpc) is 2.82. The lowest BCUT2D eigenvalue weighted by Crippen LogP contribution is -2.27. The van der Waals surface area contributed by atoms with Gasteiger partial charge in [-0.25, -0.2) is 9.97 Å². The summed E-state index contributed by atoms with van der Waals surface area (Å²) in [6.45, 7) is 3.78. The van der Waals surface area contributed by atoms with Gasteiger partial charge in [-0.1, -0.05) is 0 Å². The molecule has 16 heavy (non-hydrogen) atoms. The van der Waals surface area contributed by atoms with Gasteiger partial charge in [0, 0.05) is 31.6 Å². The summed E-state index contributed by atoms with van der Waals surface area (Å²) in [4.78, 5) is 8.56. The van der Waals surface area contributed by atoms with Crippen molar-refractivity contribution in [1.29, 1.82) is 0 Å². The molecule has 1 fully saturated rings. The Kier molecular flexibility index (Phi) is 2.71. The van der Waals surface area contributed by atoms with E-state index in [2.05, 4.69) is 20.6 Å². The second-order valence-electron chi connectivity index (χ2n) is 4.26. The maximum atomic E-state index is 5.92. The first-order valence-electron chi connectivity index (χ1n) is 5.84. The SMILES string of the molecule is c1nc2c(c(O[C@H]3CCNC3)n1)CNCC2. The van der Waals surface area contributed by atoms with Crippen molar-refractivity contribution in [2.45, 2.75) is 25.5 Å². The van der Waals surface area contributed by atoms with Crippen molar-refractivity contribution in [2.75, 3.05) is 19.6 Å². The molecular formula is C11H16N4O. The minimum atomic E-state index is 0.265. The van der Waals surface area contributed by atoms with Crippen LogP contribution in [0.2, 0.25) is 0 Å². The third-order valence-electron chi connectivity index (χ3n) is 3.13. The van der Waals surface area contributed by atoms with Gasteiger partial charge in [0.05, 0.1) is 5.69 Å². The van der Waals surface area contributed by atoms with Gasteiger partial charge in [0.15, 0.2) is 0 Å². The Morgan fingerprint density at radius 2 is 2.25 bits per heavy atom. The van der Waals surface area contributed by atoms with Crippen LogP contribution in [0.4, 0.5) is 0 Å². The predicted octanol–water partition coefficient (Wildman–Crippen LogP) is -0.137. The van der Waals surface area contributed by atoms with Crippen molar-refractivity contribution in [3.63, 3.8) is 0 Å². The van der Waals surface area contributed by atoms with Crippen LogP contribution in [0.25, 0.3) is 0 Å². The molecule has 2 N–H and O–H groups in total. The number of nitrogens with zero attached hydrogens (tertiary/aromatic N) is 2. The molecule has 0 unspecified atom stereocenters. The van der Waals surface area contributed by atoms with E-state index in [0.717, 1.165) is 56.2 Å². The van der Waals surface area contributed by atoms with Gasteiger partial charge in [-0.15, -0.1) is 0 Å². The Morgan fingerprint density at radius 1 is 1.25 bits per heavy atom. The van der Waals surface area contributed by atoms with Crippen LogP contribution in [0.15, 0.2) is 6.33 Å². The number of aromatic nitrogens is 2. The van der Waals surface area contributed by atoms with Crippen molar-refractivity contribution in [3.8, 4) is 5.88 Å². The van der Waals surface area contributed by atoms with Crippen molar-refractivity contribution >= 4 is 0 Å². The van der Waals surface area contributed by atoms with Gasteiger partial charge in [-0.05, 0) is 13.0 Å². The van der Waals surface area contributed by atoms with Crippen LogP contribution in [0.5, 0.6) is 5.88 Å². The van der Waals surface area contributed by atoms with Crippen LogP contribution >= 0.6 is 0 Å². The van der Waals surface area contributed by atoms with Gasteiger partial charge in [0.2, 0.25) is 5.88 Å². The average molecular weight is 220 g/mol. The third-order valence-corrected chi connectivity index (χ3v) is 3.13. The molecule has 0 amide bonds. The highest BCUT2D eigenvalue weighted by atomic mass is 16.5. The zero-order valence-corrected chi connectivity index (χ0v) is 9.20. The van der Waals surface area contributed by atoms with Crippen LogP contribution in [-0.4, -0.2) is 35.7 Å².